The molecule has 0 radical (unpaired) electrons. The molecule has 43 heavy (non-hydrogen) atoms. The van der Waals surface area contributed by atoms with Gasteiger partial charge in [-0.2, -0.15) is 4.98 Å². The number of anilines is 4. The third kappa shape index (κ3) is 9.96. The van der Waals surface area contributed by atoms with E-state index < -0.39 is 6.04 Å². The minimum atomic E-state index is -0.429. The lowest BCUT2D eigenvalue weighted by molar-refractivity contribution is -0.135. The van der Waals surface area contributed by atoms with Gasteiger partial charge in [0.2, 0.25) is 23.7 Å². The molecule has 2 aromatic rings. The normalized spacial score (nSPS) is 14.3. The van der Waals surface area contributed by atoms with Gasteiger partial charge < -0.3 is 36.2 Å². The lowest BCUT2D eigenvalue weighted by Crippen LogP contribution is -2.45. The van der Waals surface area contributed by atoms with Gasteiger partial charge in [0, 0.05) is 38.7 Å². The van der Waals surface area contributed by atoms with Crippen molar-refractivity contribution in [1.82, 2.24) is 30.1 Å². The fraction of sp³-hybridized carbons (Fsp3) is 0.467. The molecular formula is C30H42N10O3. The Labute approximate surface area is 253 Å². The maximum atomic E-state index is 12.8. The summed E-state index contributed by atoms with van der Waals surface area (Å²) < 4.78 is 4.97. The summed E-state index contributed by atoms with van der Waals surface area (Å²) in [6, 6.07) is 1.22. The SMILES string of the molecule is CCCNc1nc(Nc2cnc(N)c(C(=N)OC)c2)ncc1C#CCCCNC(=O)[C@@H]1CCCN1C(=O)/C=C/CN(C)C. The summed E-state index contributed by atoms with van der Waals surface area (Å²) in [6.07, 6.45) is 10.2. The first-order chi connectivity index (χ1) is 20.7. The molecule has 0 saturated carbocycles. The number of hydrogen-bond acceptors (Lipinski definition) is 11. The van der Waals surface area contributed by atoms with E-state index in [0.29, 0.717) is 74.0 Å². The van der Waals surface area contributed by atoms with Gasteiger partial charge >= 0.3 is 0 Å². The predicted molar refractivity (Wildman–Crippen MR) is 168 cm³/mol. The summed E-state index contributed by atoms with van der Waals surface area (Å²) >= 11 is 0. The molecule has 1 aliphatic heterocycles. The topological polar surface area (TPSA) is 174 Å². The molecule has 230 valence electrons. The van der Waals surface area contributed by atoms with Crippen molar-refractivity contribution < 1.29 is 14.3 Å². The van der Waals surface area contributed by atoms with Crippen LogP contribution in [0, 0.1) is 17.3 Å². The first kappa shape index (κ1) is 32.8. The van der Waals surface area contributed by atoms with E-state index in [2.05, 4.69) is 49.7 Å². The number of amides is 2. The molecule has 13 heteroatoms. The van der Waals surface area contributed by atoms with Crippen LogP contribution >= 0.6 is 0 Å². The van der Waals surface area contributed by atoms with Crippen LogP contribution < -0.4 is 21.7 Å². The number of nitrogen functional groups attached to an aromatic ring is 1. The Morgan fingerprint density at radius 2 is 2.09 bits per heavy atom. The van der Waals surface area contributed by atoms with Gasteiger partial charge in [0.1, 0.15) is 17.7 Å². The average molecular weight is 591 g/mol. The average Bonchev–Trinajstić information content (AvgIpc) is 3.49. The number of methoxy groups -OCH3 is 1. The number of nitrogens with zero attached hydrogens (tertiary/aromatic N) is 5. The summed E-state index contributed by atoms with van der Waals surface area (Å²) in [4.78, 5) is 42.0. The van der Waals surface area contributed by atoms with E-state index in [1.807, 2.05) is 25.1 Å². The Balaban J connectivity index is 1.55. The summed E-state index contributed by atoms with van der Waals surface area (Å²) in [5.41, 5.74) is 7.43. The number of nitrogens with one attached hydrogen (secondary N) is 4. The Hall–Kier alpha value is -4.70. The van der Waals surface area contributed by atoms with Crippen molar-refractivity contribution >= 4 is 41.0 Å². The Morgan fingerprint density at radius 3 is 2.84 bits per heavy atom. The highest BCUT2D eigenvalue weighted by molar-refractivity contribution is 5.97. The van der Waals surface area contributed by atoms with Crippen LogP contribution in [0.15, 0.2) is 30.6 Å². The van der Waals surface area contributed by atoms with Crippen LogP contribution in [0.1, 0.15) is 50.2 Å². The van der Waals surface area contributed by atoms with E-state index in [1.54, 1.807) is 23.2 Å². The van der Waals surface area contributed by atoms with E-state index in [0.717, 1.165) is 12.8 Å². The molecule has 0 aliphatic carbocycles. The van der Waals surface area contributed by atoms with Gasteiger partial charge in [0.05, 0.1) is 36.3 Å². The number of aromatic nitrogens is 3. The molecule has 6 N–H and O–H groups in total. The van der Waals surface area contributed by atoms with Crippen LogP contribution in [0.2, 0.25) is 0 Å². The Kier molecular flexibility index (Phi) is 12.7. The molecule has 0 unspecified atom stereocenters. The monoisotopic (exact) mass is 590 g/mol. The molecule has 3 heterocycles. The zero-order chi connectivity index (χ0) is 31.2. The molecule has 1 saturated heterocycles. The number of ether oxygens (including phenoxy) is 1. The molecular weight excluding hydrogens is 548 g/mol. The van der Waals surface area contributed by atoms with Crippen LogP contribution in [-0.4, -0.2) is 95.9 Å². The number of carbonyl (C=O) groups excluding carboxylic acids is 2. The minimum absolute atomic E-state index is 0.0933. The maximum absolute atomic E-state index is 12.8. The molecule has 0 bridgehead atoms. The van der Waals surface area contributed by atoms with Crippen molar-refractivity contribution in [2.75, 3.05) is 63.8 Å². The van der Waals surface area contributed by atoms with Crippen LogP contribution in [0.3, 0.4) is 0 Å². The standard InChI is InChI=1S/C30H42N10O3/c1-5-14-33-28-21(19-36-30(38-28)37-22-18-23(27(32)43-4)26(31)35-20-22)11-7-6-8-15-34-29(42)24-12-9-17-40(24)25(41)13-10-16-39(2)3/h10,13,18-20,24,32H,5-6,8-9,12,14-17H2,1-4H3,(H2,31,35)(H,34,42)(H2,33,36,37,38)/b13-10+,32-27?/t24-/m0/s1. The summed E-state index contributed by atoms with van der Waals surface area (Å²) in [7, 11) is 5.27. The number of carbonyl (C=O) groups is 2. The lowest BCUT2D eigenvalue weighted by atomic mass is 10.2. The number of likely N-dealkylation sites (N-methyl/N-ethyl adjacent to an activating group) is 1. The van der Waals surface area contributed by atoms with Gasteiger partial charge in [-0.15, -0.1) is 0 Å². The predicted octanol–water partition coefficient (Wildman–Crippen LogP) is 2.35. The molecule has 0 aromatic carbocycles. The molecule has 2 amide bonds. The number of likely N-dealkylation sites (tertiary alicyclic amines) is 1. The second-order valence-electron chi connectivity index (χ2n) is 10.2. The van der Waals surface area contributed by atoms with Crippen LogP contribution in [0.25, 0.3) is 0 Å². The van der Waals surface area contributed by atoms with E-state index in [4.69, 9.17) is 15.9 Å². The van der Waals surface area contributed by atoms with Gasteiger partial charge in [0.25, 0.3) is 0 Å². The quantitative estimate of drug-likeness (QED) is 0.0766. The van der Waals surface area contributed by atoms with Crippen LogP contribution in [0.5, 0.6) is 0 Å². The fourth-order valence-electron chi connectivity index (χ4n) is 4.30. The van der Waals surface area contributed by atoms with Crippen molar-refractivity contribution in [3.05, 3.63) is 41.7 Å². The molecule has 0 spiro atoms. The first-order valence-electron chi connectivity index (χ1n) is 14.4. The van der Waals surface area contributed by atoms with E-state index in [9.17, 15) is 9.59 Å². The number of unbranched alkanes of at least 4 members (excludes halogenated alkanes) is 1. The molecule has 1 atom stereocenters. The summed E-state index contributed by atoms with van der Waals surface area (Å²) in [5.74, 6) is 7.05. The molecule has 2 aromatic heterocycles. The van der Waals surface area contributed by atoms with E-state index >= 15 is 0 Å². The summed E-state index contributed by atoms with van der Waals surface area (Å²) in [5, 5.41) is 17.2. The van der Waals surface area contributed by atoms with Crippen molar-refractivity contribution in [2.24, 2.45) is 0 Å². The smallest absolute Gasteiger partial charge is 0.246 e. The van der Waals surface area contributed by atoms with Gasteiger partial charge in [-0.3, -0.25) is 15.0 Å². The highest BCUT2D eigenvalue weighted by atomic mass is 16.5. The Bertz CT molecular complexity index is 1370. The Morgan fingerprint density at radius 1 is 1.28 bits per heavy atom. The second kappa shape index (κ2) is 16.7. The first-order valence-corrected chi connectivity index (χ1v) is 14.4. The van der Waals surface area contributed by atoms with Gasteiger partial charge in [-0.1, -0.05) is 24.8 Å². The number of pyridine rings is 1. The lowest BCUT2D eigenvalue weighted by Gasteiger charge is -2.22. The van der Waals surface area contributed by atoms with Crippen molar-refractivity contribution in [1.29, 1.82) is 5.41 Å². The van der Waals surface area contributed by atoms with Crippen molar-refractivity contribution in [2.45, 2.75) is 45.1 Å². The molecule has 1 aliphatic rings. The highest BCUT2D eigenvalue weighted by Crippen LogP contribution is 2.21. The van der Waals surface area contributed by atoms with Gasteiger partial charge in [0.15, 0.2) is 0 Å². The van der Waals surface area contributed by atoms with E-state index in [-0.39, 0.29) is 23.5 Å². The van der Waals surface area contributed by atoms with Gasteiger partial charge in [-0.25, -0.2) is 9.97 Å². The molecule has 13 nitrogen and oxygen atoms in total. The van der Waals surface area contributed by atoms with E-state index in [1.165, 1.54) is 13.3 Å². The third-order valence-corrected chi connectivity index (χ3v) is 6.52. The second-order valence-corrected chi connectivity index (χ2v) is 10.2. The maximum Gasteiger partial charge on any atom is 0.246 e. The van der Waals surface area contributed by atoms with Crippen molar-refractivity contribution in [3.8, 4) is 11.8 Å². The number of nitrogens with two attached hydrogens (primary N) is 1. The largest absolute Gasteiger partial charge is 0.481 e. The number of hydrogen-bond donors (Lipinski definition) is 5. The fourth-order valence-corrected chi connectivity index (χ4v) is 4.30. The number of rotatable bonds is 13. The highest BCUT2D eigenvalue weighted by Gasteiger charge is 2.32. The molecule has 1 fully saturated rings. The zero-order valence-corrected chi connectivity index (χ0v) is 25.4. The van der Waals surface area contributed by atoms with Crippen molar-refractivity contribution in [3.63, 3.8) is 0 Å². The zero-order valence-electron chi connectivity index (χ0n) is 25.4. The van der Waals surface area contributed by atoms with Gasteiger partial charge in [-0.05, 0) is 45.8 Å². The third-order valence-electron chi connectivity index (χ3n) is 6.52. The van der Waals surface area contributed by atoms with Crippen LogP contribution in [0.4, 0.5) is 23.3 Å². The van der Waals surface area contributed by atoms with Crippen LogP contribution in [-0.2, 0) is 14.3 Å². The molecule has 3 rings (SSSR count). The minimum Gasteiger partial charge on any atom is -0.481 e. The summed E-state index contributed by atoms with van der Waals surface area (Å²) in [6.45, 7) is 4.51.